The van der Waals surface area contributed by atoms with Gasteiger partial charge < -0.3 is 19.4 Å². The van der Waals surface area contributed by atoms with Crippen LogP contribution >= 0.6 is 0 Å². The molecule has 1 aliphatic carbocycles. The maximum Gasteiger partial charge on any atom is 0.337 e. The average molecular weight is 511 g/mol. The van der Waals surface area contributed by atoms with E-state index in [-0.39, 0.29) is 35.9 Å². The molecule has 2 bridgehead atoms. The lowest BCUT2D eigenvalue weighted by Gasteiger charge is -2.40. The highest BCUT2D eigenvalue weighted by Crippen LogP contribution is 2.45. The van der Waals surface area contributed by atoms with Crippen LogP contribution in [0.15, 0.2) is 42.6 Å². The van der Waals surface area contributed by atoms with E-state index in [4.69, 9.17) is 9.47 Å². The van der Waals surface area contributed by atoms with Gasteiger partial charge in [-0.15, -0.1) is 0 Å². The number of methoxy groups -OCH3 is 1. The van der Waals surface area contributed by atoms with Crippen molar-refractivity contribution in [3.63, 3.8) is 0 Å². The van der Waals surface area contributed by atoms with Gasteiger partial charge in [0.15, 0.2) is 0 Å². The molecule has 0 radical (unpaired) electrons. The molecule has 8 heteroatoms. The highest BCUT2D eigenvalue weighted by atomic mass is 19.1. The van der Waals surface area contributed by atoms with Crippen LogP contribution in [0.2, 0.25) is 0 Å². The van der Waals surface area contributed by atoms with Crippen molar-refractivity contribution in [3.05, 3.63) is 76.9 Å². The van der Waals surface area contributed by atoms with Crippen LogP contribution in [0, 0.1) is 17.5 Å². The van der Waals surface area contributed by atoms with Crippen LogP contribution in [0.3, 0.4) is 0 Å². The van der Waals surface area contributed by atoms with Crippen molar-refractivity contribution in [2.75, 3.05) is 12.0 Å². The minimum Gasteiger partial charge on any atom is -0.465 e. The van der Waals surface area contributed by atoms with E-state index in [2.05, 4.69) is 9.88 Å². The number of hydrogen-bond acceptors (Lipinski definition) is 4. The van der Waals surface area contributed by atoms with Crippen LogP contribution in [-0.2, 0) is 16.1 Å². The van der Waals surface area contributed by atoms with Gasteiger partial charge in [-0.05, 0) is 74.8 Å². The number of nitrogens with zero attached hydrogens (tertiary/aromatic N) is 1. The first-order valence-electron chi connectivity index (χ1n) is 12.9. The molecule has 0 amide bonds. The number of fused-ring (bicyclic) bond motifs is 2. The lowest BCUT2D eigenvalue weighted by molar-refractivity contribution is 0.0149. The van der Waals surface area contributed by atoms with Crippen LogP contribution in [0.1, 0.15) is 66.1 Å². The normalized spacial score (nSPS) is 22.9. The van der Waals surface area contributed by atoms with Crippen LogP contribution in [0.4, 0.5) is 18.9 Å². The Morgan fingerprint density at radius 2 is 1.70 bits per heavy atom. The fraction of sp³-hybridized carbons (Fsp3) is 0.414. The highest BCUT2D eigenvalue weighted by Gasteiger charge is 2.42. The molecule has 3 fully saturated rings. The van der Waals surface area contributed by atoms with Crippen molar-refractivity contribution >= 4 is 11.7 Å². The first-order valence-corrected chi connectivity index (χ1v) is 12.9. The molecule has 2 atom stereocenters. The SMILES string of the molecule is COC(=O)c1ccc(N2C3CCC2CC(OCc2c(-c4c(F)cccc4F)c[nH]c2C2CC2)C3)c(F)c1. The third-order valence-corrected chi connectivity index (χ3v) is 8.04. The molecule has 3 aromatic rings. The van der Waals surface area contributed by atoms with E-state index in [1.807, 2.05) is 0 Å². The zero-order valence-electron chi connectivity index (χ0n) is 20.6. The zero-order valence-corrected chi connectivity index (χ0v) is 20.6. The Bertz CT molecular complexity index is 1300. The molecular formula is C29H29F3N2O3. The largest absolute Gasteiger partial charge is 0.465 e. The molecule has 2 aliphatic heterocycles. The first-order chi connectivity index (χ1) is 17.9. The summed E-state index contributed by atoms with van der Waals surface area (Å²) in [5.41, 5.74) is 3.01. The number of hydrogen-bond donors (Lipinski definition) is 1. The number of carbonyl (C=O) groups excluding carboxylic acids is 1. The lowest BCUT2D eigenvalue weighted by Crippen LogP contribution is -2.46. The predicted octanol–water partition coefficient (Wildman–Crippen LogP) is 6.48. The van der Waals surface area contributed by atoms with Gasteiger partial charge in [-0.25, -0.2) is 18.0 Å². The third kappa shape index (κ3) is 4.41. The Kier molecular flexibility index (Phi) is 6.23. The second-order valence-corrected chi connectivity index (χ2v) is 10.3. The average Bonchev–Trinajstić information content (AvgIpc) is 3.60. The second kappa shape index (κ2) is 9.56. The molecule has 37 heavy (non-hydrogen) atoms. The maximum atomic E-state index is 15.0. The van der Waals surface area contributed by atoms with Gasteiger partial charge in [-0.3, -0.25) is 0 Å². The quantitative estimate of drug-likeness (QED) is 0.370. The van der Waals surface area contributed by atoms with Gasteiger partial charge in [0.05, 0.1) is 36.6 Å². The summed E-state index contributed by atoms with van der Waals surface area (Å²) in [6, 6.07) is 8.66. The van der Waals surface area contributed by atoms with E-state index in [9.17, 15) is 18.0 Å². The van der Waals surface area contributed by atoms with Crippen LogP contribution in [0.25, 0.3) is 11.1 Å². The van der Waals surface area contributed by atoms with E-state index in [1.54, 1.807) is 18.3 Å². The molecule has 1 N–H and O–H groups in total. The summed E-state index contributed by atoms with van der Waals surface area (Å²) in [6.07, 6.45) is 7.11. The molecule has 3 aliphatic rings. The van der Waals surface area contributed by atoms with Gasteiger partial charge in [0, 0.05) is 35.1 Å². The van der Waals surface area contributed by atoms with Crippen molar-refractivity contribution in [1.82, 2.24) is 4.98 Å². The number of nitrogens with one attached hydrogen (secondary N) is 1. The fourth-order valence-electron chi connectivity index (χ4n) is 6.16. The molecule has 3 heterocycles. The van der Waals surface area contributed by atoms with Gasteiger partial charge in [-0.2, -0.15) is 0 Å². The van der Waals surface area contributed by atoms with Crippen molar-refractivity contribution < 1.29 is 27.4 Å². The Balaban J connectivity index is 1.19. The smallest absolute Gasteiger partial charge is 0.337 e. The number of benzene rings is 2. The molecule has 2 saturated heterocycles. The molecule has 2 aromatic carbocycles. The number of aromatic amines is 1. The molecule has 0 spiro atoms. The van der Waals surface area contributed by atoms with Crippen LogP contribution in [-0.4, -0.2) is 36.3 Å². The first kappa shape index (κ1) is 24.1. The summed E-state index contributed by atoms with van der Waals surface area (Å²) in [7, 11) is 1.27. The van der Waals surface area contributed by atoms with E-state index >= 15 is 0 Å². The summed E-state index contributed by atoms with van der Waals surface area (Å²) in [4.78, 5) is 17.2. The standard InChI is InChI=1S/C29H29F3N2O3/c1-36-29(35)17-7-10-26(25(32)11-17)34-18-8-9-19(34)13-20(12-18)37-15-22-21(14-33-28(22)16-5-6-16)27-23(30)3-2-4-24(27)31/h2-4,7,10-11,14,16,18-20,33H,5-6,8-9,12-13,15H2,1H3. The van der Waals surface area contributed by atoms with E-state index in [1.165, 1.54) is 31.4 Å². The minimum atomic E-state index is -0.589. The van der Waals surface area contributed by atoms with Gasteiger partial charge >= 0.3 is 5.97 Å². The maximum absolute atomic E-state index is 15.0. The van der Waals surface area contributed by atoms with Crippen LogP contribution in [0.5, 0.6) is 0 Å². The number of carbonyl (C=O) groups is 1. The third-order valence-electron chi connectivity index (χ3n) is 8.04. The Morgan fingerprint density at radius 1 is 1.00 bits per heavy atom. The second-order valence-electron chi connectivity index (χ2n) is 10.3. The monoisotopic (exact) mass is 510 g/mol. The van der Waals surface area contributed by atoms with E-state index in [0.29, 0.717) is 17.2 Å². The van der Waals surface area contributed by atoms with Gasteiger partial charge in [0.2, 0.25) is 0 Å². The number of halogens is 3. The molecule has 194 valence electrons. The topological polar surface area (TPSA) is 54.6 Å². The molecule has 1 aromatic heterocycles. The Labute approximate surface area is 213 Å². The van der Waals surface area contributed by atoms with Crippen molar-refractivity contribution in [1.29, 1.82) is 0 Å². The number of aromatic nitrogens is 1. The van der Waals surface area contributed by atoms with Crippen molar-refractivity contribution in [2.24, 2.45) is 0 Å². The Morgan fingerprint density at radius 3 is 2.32 bits per heavy atom. The minimum absolute atomic E-state index is 0.0231. The lowest BCUT2D eigenvalue weighted by atomic mass is 9.97. The summed E-state index contributed by atoms with van der Waals surface area (Å²) in [6.45, 7) is 0.269. The number of H-pyrrole nitrogens is 1. The van der Waals surface area contributed by atoms with Crippen LogP contribution < -0.4 is 4.90 Å². The Hall–Kier alpha value is -3.26. The van der Waals surface area contributed by atoms with Gasteiger partial charge in [0.1, 0.15) is 17.5 Å². The summed E-state index contributed by atoms with van der Waals surface area (Å²) >= 11 is 0. The summed E-state index contributed by atoms with van der Waals surface area (Å²) in [5, 5.41) is 0. The predicted molar refractivity (Wildman–Crippen MR) is 133 cm³/mol. The van der Waals surface area contributed by atoms with Gasteiger partial charge in [0.25, 0.3) is 0 Å². The fourth-order valence-corrected chi connectivity index (χ4v) is 6.16. The zero-order chi connectivity index (χ0) is 25.7. The highest BCUT2D eigenvalue weighted by molar-refractivity contribution is 5.89. The van der Waals surface area contributed by atoms with E-state index in [0.717, 1.165) is 49.8 Å². The van der Waals surface area contributed by atoms with Gasteiger partial charge in [-0.1, -0.05) is 6.07 Å². The molecule has 5 nitrogen and oxygen atoms in total. The molecule has 2 unspecified atom stereocenters. The van der Waals surface area contributed by atoms with Crippen molar-refractivity contribution in [2.45, 2.75) is 69.2 Å². The number of ether oxygens (including phenoxy) is 2. The van der Waals surface area contributed by atoms with Crippen molar-refractivity contribution in [3.8, 4) is 11.1 Å². The number of anilines is 1. The molecule has 6 rings (SSSR count). The number of esters is 1. The summed E-state index contributed by atoms with van der Waals surface area (Å²) < 4.78 is 55.3. The van der Waals surface area contributed by atoms with E-state index < -0.39 is 23.4 Å². The summed E-state index contributed by atoms with van der Waals surface area (Å²) in [5.74, 6) is -1.80. The molecule has 1 saturated carbocycles. The molecular weight excluding hydrogens is 481 g/mol. The number of piperidine rings is 1. The number of rotatable bonds is 7.